The number of sulfonamides is 1. The highest BCUT2D eigenvalue weighted by Crippen LogP contribution is 2.20. The number of carbonyl (C=O) groups excluding carboxylic acids is 1. The largest absolute Gasteiger partial charge is 0.484 e. The van der Waals surface area contributed by atoms with E-state index in [-0.39, 0.29) is 17.4 Å². The van der Waals surface area contributed by atoms with Gasteiger partial charge in [0.15, 0.2) is 6.61 Å². The molecule has 0 aliphatic carbocycles. The standard InChI is InChI=1S/C21H19ClN2O4S/c1-15-2-6-18(7-3-15)24-29(26,27)20-12-10-19(11-13-20)28-14-21(25)23-17-8-4-16(22)5-9-17/h2-13,24H,14H2,1H3,(H,23,25). The number of ether oxygens (including phenoxy) is 1. The summed E-state index contributed by atoms with van der Waals surface area (Å²) in [6.45, 7) is 1.71. The first-order chi connectivity index (χ1) is 13.8. The highest BCUT2D eigenvalue weighted by molar-refractivity contribution is 7.92. The molecular weight excluding hydrogens is 412 g/mol. The molecule has 0 unspecified atom stereocenters. The van der Waals surface area contributed by atoms with Crippen molar-refractivity contribution >= 4 is 38.9 Å². The van der Waals surface area contributed by atoms with Crippen LogP contribution in [-0.2, 0) is 14.8 Å². The maximum atomic E-state index is 12.5. The molecule has 0 heterocycles. The van der Waals surface area contributed by atoms with Gasteiger partial charge in [-0.1, -0.05) is 29.3 Å². The van der Waals surface area contributed by atoms with E-state index in [1.54, 1.807) is 36.4 Å². The van der Waals surface area contributed by atoms with Gasteiger partial charge in [-0.25, -0.2) is 8.42 Å². The number of anilines is 2. The van der Waals surface area contributed by atoms with Crippen LogP contribution in [0.2, 0.25) is 5.02 Å². The molecule has 0 saturated carbocycles. The van der Waals surface area contributed by atoms with Crippen molar-refractivity contribution in [2.24, 2.45) is 0 Å². The lowest BCUT2D eigenvalue weighted by Gasteiger charge is -2.10. The summed E-state index contributed by atoms with van der Waals surface area (Å²) in [7, 11) is -3.71. The number of rotatable bonds is 7. The Morgan fingerprint density at radius 1 is 0.897 bits per heavy atom. The Kier molecular flexibility index (Phi) is 6.41. The molecule has 0 aromatic heterocycles. The van der Waals surface area contributed by atoms with Crippen molar-refractivity contribution in [2.75, 3.05) is 16.6 Å². The molecule has 3 rings (SSSR count). The molecule has 8 heteroatoms. The quantitative estimate of drug-likeness (QED) is 0.579. The maximum Gasteiger partial charge on any atom is 0.262 e. The number of amides is 1. The van der Waals surface area contributed by atoms with Gasteiger partial charge < -0.3 is 10.1 Å². The fourth-order valence-corrected chi connectivity index (χ4v) is 3.61. The van der Waals surface area contributed by atoms with Crippen molar-refractivity contribution in [3.63, 3.8) is 0 Å². The first-order valence-corrected chi connectivity index (χ1v) is 10.6. The molecule has 0 aliphatic rings. The van der Waals surface area contributed by atoms with Crippen LogP contribution >= 0.6 is 11.6 Å². The van der Waals surface area contributed by atoms with Crippen LogP contribution in [0.4, 0.5) is 11.4 Å². The summed E-state index contributed by atoms with van der Waals surface area (Å²) in [4.78, 5) is 12.0. The Labute approximate surface area is 174 Å². The van der Waals surface area contributed by atoms with Gasteiger partial charge in [0.25, 0.3) is 15.9 Å². The molecule has 0 aliphatic heterocycles. The van der Waals surface area contributed by atoms with Gasteiger partial charge in [-0.2, -0.15) is 0 Å². The average Bonchev–Trinajstić information content (AvgIpc) is 2.70. The van der Waals surface area contributed by atoms with Gasteiger partial charge in [-0.3, -0.25) is 9.52 Å². The first-order valence-electron chi connectivity index (χ1n) is 8.70. The maximum absolute atomic E-state index is 12.5. The molecule has 0 fully saturated rings. The molecule has 3 aromatic carbocycles. The molecule has 150 valence electrons. The van der Waals surface area contributed by atoms with Crippen molar-refractivity contribution < 1.29 is 17.9 Å². The van der Waals surface area contributed by atoms with Crippen molar-refractivity contribution in [3.8, 4) is 5.75 Å². The van der Waals surface area contributed by atoms with Gasteiger partial charge in [0.2, 0.25) is 0 Å². The Bertz CT molecular complexity index is 1080. The van der Waals surface area contributed by atoms with E-state index < -0.39 is 10.0 Å². The minimum atomic E-state index is -3.71. The summed E-state index contributed by atoms with van der Waals surface area (Å²) in [5.74, 6) is 0.0376. The number of nitrogens with one attached hydrogen (secondary N) is 2. The second-order valence-electron chi connectivity index (χ2n) is 6.29. The molecule has 29 heavy (non-hydrogen) atoms. The predicted molar refractivity (Wildman–Crippen MR) is 114 cm³/mol. The predicted octanol–water partition coefficient (Wildman–Crippen LogP) is 4.47. The minimum Gasteiger partial charge on any atom is -0.484 e. The summed E-state index contributed by atoms with van der Waals surface area (Å²) in [6.07, 6.45) is 0. The Morgan fingerprint density at radius 2 is 1.48 bits per heavy atom. The van der Waals surface area contributed by atoms with Gasteiger partial charge in [-0.05, 0) is 67.6 Å². The van der Waals surface area contributed by atoms with Crippen LogP contribution in [-0.4, -0.2) is 20.9 Å². The molecule has 1 amide bonds. The topological polar surface area (TPSA) is 84.5 Å². The summed E-state index contributed by atoms with van der Waals surface area (Å²) >= 11 is 5.80. The number of benzene rings is 3. The number of carbonyl (C=O) groups is 1. The first kappa shape index (κ1) is 20.7. The van der Waals surface area contributed by atoms with Crippen molar-refractivity contribution in [1.29, 1.82) is 0 Å². The van der Waals surface area contributed by atoms with Crippen LogP contribution in [0.5, 0.6) is 5.75 Å². The molecule has 0 radical (unpaired) electrons. The number of hydrogen-bond donors (Lipinski definition) is 2. The minimum absolute atomic E-state index is 0.0936. The zero-order valence-corrected chi connectivity index (χ0v) is 17.1. The van der Waals surface area contributed by atoms with Gasteiger partial charge in [0.05, 0.1) is 4.90 Å². The normalized spacial score (nSPS) is 11.0. The van der Waals surface area contributed by atoms with Gasteiger partial charge in [-0.15, -0.1) is 0 Å². The van der Waals surface area contributed by atoms with Crippen molar-refractivity contribution in [1.82, 2.24) is 0 Å². The molecule has 0 spiro atoms. The molecule has 0 atom stereocenters. The van der Waals surface area contributed by atoms with Gasteiger partial charge >= 0.3 is 0 Å². The molecule has 6 nitrogen and oxygen atoms in total. The van der Waals surface area contributed by atoms with E-state index in [4.69, 9.17) is 16.3 Å². The van der Waals surface area contributed by atoms with Crippen LogP contribution in [0, 0.1) is 6.92 Å². The SMILES string of the molecule is Cc1ccc(NS(=O)(=O)c2ccc(OCC(=O)Nc3ccc(Cl)cc3)cc2)cc1. The molecular formula is C21H19ClN2O4S. The fourth-order valence-electron chi connectivity index (χ4n) is 2.43. The second-order valence-corrected chi connectivity index (χ2v) is 8.41. The third-order valence-electron chi connectivity index (χ3n) is 3.94. The molecule has 2 N–H and O–H groups in total. The van der Waals surface area contributed by atoms with Gasteiger partial charge in [0, 0.05) is 16.4 Å². The number of hydrogen-bond acceptors (Lipinski definition) is 4. The Morgan fingerprint density at radius 3 is 2.10 bits per heavy atom. The highest BCUT2D eigenvalue weighted by atomic mass is 35.5. The Balaban J connectivity index is 1.57. The summed E-state index contributed by atoms with van der Waals surface area (Å²) in [5, 5.41) is 3.25. The third kappa shape index (κ3) is 5.97. The number of aryl methyl sites for hydroxylation is 1. The third-order valence-corrected chi connectivity index (χ3v) is 5.58. The lowest BCUT2D eigenvalue weighted by molar-refractivity contribution is -0.118. The summed E-state index contributed by atoms with van der Waals surface area (Å²) in [6, 6.07) is 19.6. The van der Waals surface area contributed by atoms with Crippen LogP contribution in [0.3, 0.4) is 0 Å². The Hall–Kier alpha value is -3.03. The molecule has 3 aromatic rings. The average molecular weight is 431 g/mol. The van der Waals surface area contributed by atoms with E-state index in [2.05, 4.69) is 10.0 Å². The van der Waals surface area contributed by atoms with Crippen LogP contribution in [0.15, 0.2) is 77.7 Å². The van der Waals surface area contributed by atoms with Crippen LogP contribution in [0.25, 0.3) is 0 Å². The van der Waals surface area contributed by atoms with E-state index in [9.17, 15) is 13.2 Å². The van der Waals surface area contributed by atoms with E-state index in [1.807, 2.05) is 19.1 Å². The lowest BCUT2D eigenvalue weighted by atomic mass is 10.2. The monoisotopic (exact) mass is 430 g/mol. The zero-order valence-electron chi connectivity index (χ0n) is 15.6. The zero-order chi connectivity index (χ0) is 20.9. The van der Waals surface area contributed by atoms with Crippen molar-refractivity contribution in [3.05, 3.63) is 83.4 Å². The van der Waals surface area contributed by atoms with Crippen LogP contribution in [0.1, 0.15) is 5.56 Å². The van der Waals surface area contributed by atoms with E-state index in [1.165, 1.54) is 24.3 Å². The van der Waals surface area contributed by atoms with E-state index >= 15 is 0 Å². The summed E-state index contributed by atoms with van der Waals surface area (Å²) in [5.41, 5.74) is 2.12. The molecule has 0 saturated heterocycles. The number of halogens is 1. The molecule has 0 bridgehead atoms. The van der Waals surface area contributed by atoms with E-state index in [0.29, 0.717) is 22.1 Å². The fraction of sp³-hybridized carbons (Fsp3) is 0.0952. The second kappa shape index (κ2) is 8.98. The van der Waals surface area contributed by atoms with E-state index in [0.717, 1.165) is 5.56 Å². The summed E-state index contributed by atoms with van der Waals surface area (Å²) < 4.78 is 32.9. The van der Waals surface area contributed by atoms with Crippen molar-refractivity contribution in [2.45, 2.75) is 11.8 Å². The van der Waals surface area contributed by atoms with Gasteiger partial charge in [0.1, 0.15) is 5.75 Å². The van der Waals surface area contributed by atoms with Crippen LogP contribution < -0.4 is 14.8 Å². The highest BCUT2D eigenvalue weighted by Gasteiger charge is 2.14. The smallest absolute Gasteiger partial charge is 0.262 e. The lowest BCUT2D eigenvalue weighted by Crippen LogP contribution is -2.20.